The van der Waals surface area contributed by atoms with Crippen molar-refractivity contribution in [3.8, 4) is 6.07 Å². The summed E-state index contributed by atoms with van der Waals surface area (Å²) in [5.74, 6) is -0.276. The highest BCUT2D eigenvalue weighted by molar-refractivity contribution is 5.71. The zero-order chi connectivity index (χ0) is 14.8. The van der Waals surface area contributed by atoms with Crippen molar-refractivity contribution < 1.29 is 4.39 Å². The number of hydrogen-bond acceptors (Lipinski definition) is 2. The van der Waals surface area contributed by atoms with E-state index < -0.39 is 0 Å². The first-order chi connectivity index (χ1) is 10.2. The van der Waals surface area contributed by atoms with Gasteiger partial charge in [-0.3, -0.25) is 4.90 Å². The van der Waals surface area contributed by atoms with Crippen LogP contribution in [0.5, 0.6) is 0 Å². The molecular formula is C18H15FN2. The van der Waals surface area contributed by atoms with Crippen LogP contribution in [-0.2, 0) is 0 Å². The normalized spacial score (nSPS) is 18.3. The Morgan fingerprint density at radius 3 is 2.67 bits per heavy atom. The Balaban J connectivity index is 1.99. The van der Waals surface area contributed by atoms with Crippen molar-refractivity contribution in [2.45, 2.75) is 6.04 Å². The minimum Gasteiger partial charge on any atom is -0.292 e. The van der Waals surface area contributed by atoms with Gasteiger partial charge in [-0.25, -0.2) is 4.39 Å². The molecule has 0 bridgehead atoms. The number of benzene rings is 2. The molecule has 1 aliphatic heterocycles. The molecule has 0 aromatic heterocycles. The molecule has 0 fully saturated rings. The zero-order valence-electron chi connectivity index (χ0n) is 11.8. The molecule has 0 amide bonds. The minimum atomic E-state index is -0.276. The van der Waals surface area contributed by atoms with Crippen LogP contribution >= 0.6 is 0 Å². The molecule has 0 saturated heterocycles. The second-order valence-corrected chi connectivity index (χ2v) is 5.27. The van der Waals surface area contributed by atoms with E-state index in [1.165, 1.54) is 17.7 Å². The van der Waals surface area contributed by atoms with Crippen molar-refractivity contribution in [3.63, 3.8) is 0 Å². The highest BCUT2D eigenvalue weighted by atomic mass is 19.1. The lowest BCUT2D eigenvalue weighted by Gasteiger charge is -2.19. The van der Waals surface area contributed by atoms with E-state index in [-0.39, 0.29) is 11.9 Å². The van der Waals surface area contributed by atoms with E-state index in [1.807, 2.05) is 25.2 Å². The Morgan fingerprint density at radius 1 is 1.19 bits per heavy atom. The van der Waals surface area contributed by atoms with Gasteiger partial charge in [0, 0.05) is 12.1 Å². The monoisotopic (exact) mass is 278 g/mol. The lowest BCUT2D eigenvalue weighted by Crippen LogP contribution is -2.19. The first-order valence-electron chi connectivity index (χ1n) is 6.85. The molecule has 104 valence electrons. The summed E-state index contributed by atoms with van der Waals surface area (Å²) in [7, 11) is 2.02. The average molecular weight is 278 g/mol. The Hall–Kier alpha value is -2.44. The zero-order valence-corrected chi connectivity index (χ0v) is 11.8. The molecule has 1 atom stereocenters. The van der Waals surface area contributed by atoms with Gasteiger partial charge in [-0.2, -0.15) is 5.26 Å². The third-order valence-electron chi connectivity index (χ3n) is 3.84. The number of hydrogen-bond donors (Lipinski definition) is 0. The van der Waals surface area contributed by atoms with E-state index in [0.717, 1.165) is 5.57 Å². The van der Waals surface area contributed by atoms with Gasteiger partial charge < -0.3 is 0 Å². The lowest BCUT2D eigenvalue weighted by atomic mass is 10.0. The average Bonchev–Trinajstić information content (AvgIpc) is 2.90. The lowest BCUT2D eigenvalue weighted by molar-refractivity contribution is 0.342. The quantitative estimate of drug-likeness (QED) is 0.836. The molecule has 2 nitrogen and oxygen atoms in total. The molecule has 1 unspecified atom stereocenters. The predicted molar refractivity (Wildman–Crippen MR) is 80.9 cm³/mol. The van der Waals surface area contributed by atoms with Gasteiger partial charge in [0.2, 0.25) is 0 Å². The van der Waals surface area contributed by atoms with Crippen molar-refractivity contribution in [3.05, 3.63) is 77.1 Å². The molecule has 21 heavy (non-hydrogen) atoms. The fourth-order valence-electron chi connectivity index (χ4n) is 2.75. The van der Waals surface area contributed by atoms with Crippen molar-refractivity contribution in [2.24, 2.45) is 0 Å². The molecule has 0 saturated carbocycles. The van der Waals surface area contributed by atoms with Crippen LogP contribution in [0.25, 0.3) is 5.57 Å². The van der Waals surface area contributed by atoms with Crippen LogP contribution < -0.4 is 0 Å². The Bertz CT molecular complexity index is 729. The van der Waals surface area contributed by atoms with Crippen LogP contribution in [-0.4, -0.2) is 18.5 Å². The number of halogens is 1. The fraction of sp³-hybridized carbons (Fsp3) is 0.167. The van der Waals surface area contributed by atoms with E-state index in [0.29, 0.717) is 17.7 Å². The second-order valence-electron chi connectivity index (χ2n) is 5.27. The van der Waals surface area contributed by atoms with Crippen molar-refractivity contribution in [2.75, 3.05) is 13.6 Å². The first kappa shape index (κ1) is 13.5. The number of rotatable bonds is 2. The van der Waals surface area contributed by atoms with Gasteiger partial charge in [0.05, 0.1) is 17.7 Å². The Kier molecular flexibility index (Phi) is 3.55. The van der Waals surface area contributed by atoms with E-state index in [4.69, 9.17) is 5.26 Å². The maximum atomic E-state index is 14.0. The third-order valence-corrected chi connectivity index (χ3v) is 3.84. The van der Waals surface area contributed by atoms with E-state index in [1.54, 1.807) is 6.07 Å². The molecule has 0 radical (unpaired) electrons. The number of nitrogens with zero attached hydrogens (tertiary/aromatic N) is 2. The fourth-order valence-corrected chi connectivity index (χ4v) is 2.75. The number of nitriles is 1. The molecule has 2 aromatic carbocycles. The van der Waals surface area contributed by atoms with Gasteiger partial charge in [-0.15, -0.1) is 0 Å². The standard InChI is InChI=1S/C18H15FN2/c1-21-12-15(10-18(21)14-5-3-2-4-6-14)16-9-13(11-20)7-8-17(16)19/h2-10,18H,12H2,1H3. The Labute approximate surface area is 123 Å². The molecule has 0 spiro atoms. The van der Waals surface area contributed by atoms with Crippen molar-refractivity contribution in [1.29, 1.82) is 5.26 Å². The van der Waals surface area contributed by atoms with Crippen LogP contribution in [0.3, 0.4) is 0 Å². The first-order valence-corrected chi connectivity index (χ1v) is 6.85. The topological polar surface area (TPSA) is 27.0 Å². The summed E-state index contributed by atoms with van der Waals surface area (Å²) in [5.41, 5.74) is 3.13. The highest BCUT2D eigenvalue weighted by Crippen LogP contribution is 2.34. The minimum absolute atomic E-state index is 0.145. The van der Waals surface area contributed by atoms with Gasteiger partial charge in [-0.1, -0.05) is 36.4 Å². The smallest absolute Gasteiger partial charge is 0.130 e. The summed E-state index contributed by atoms with van der Waals surface area (Å²) < 4.78 is 14.0. The maximum absolute atomic E-state index is 14.0. The van der Waals surface area contributed by atoms with Gasteiger partial charge in [0.1, 0.15) is 5.82 Å². The summed E-state index contributed by atoms with van der Waals surface area (Å²) in [4.78, 5) is 2.17. The van der Waals surface area contributed by atoms with Gasteiger partial charge in [0.25, 0.3) is 0 Å². The molecule has 0 N–H and O–H groups in total. The largest absolute Gasteiger partial charge is 0.292 e. The van der Waals surface area contributed by atoms with E-state index in [9.17, 15) is 4.39 Å². The number of likely N-dealkylation sites (N-methyl/N-ethyl adjacent to an activating group) is 1. The molecule has 2 aromatic rings. The van der Waals surface area contributed by atoms with E-state index >= 15 is 0 Å². The second kappa shape index (κ2) is 5.51. The van der Waals surface area contributed by atoms with Crippen LogP contribution in [0.1, 0.15) is 22.7 Å². The molecule has 1 heterocycles. The third kappa shape index (κ3) is 2.58. The summed E-state index contributed by atoms with van der Waals surface area (Å²) in [6.45, 7) is 0.672. The van der Waals surface area contributed by atoms with Crippen LogP contribution in [0, 0.1) is 17.1 Å². The molecule has 1 aliphatic rings. The molecule has 3 rings (SSSR count). The summed E-state index contributed by atoms with van der Waals surface area (Å²) in [6.07, 6.45) is 2.08. The SMILES string of the molecule is CN1CC(c2cc(C#N)ccc2F)=CC1c1ccccc1. The molecule has 3 heteroatoms. The van der Waals surface area contributed by atoms with Crippen molar-refractivity contribution in [1.82, 2.24) is 4.90 Å². The maximum Gasteiger partial charge on any atom is 0.130 e. The van der Waals surface area contributed by atoms with Gasteiger partial charge in [0.15, 0.2) is 0 Å². The summed E-state index contributed by atoms with van der Waals surface area (Å²) in [6, 6.07) is 16.9. The predicted octanol–water partition coefficient (Wildman–Crippen LogP) is 3.77. The van der Waals surface area contributed by atoms with Crippen LogP contribution in [0.4, 0.5) is 4.39 Å². The van der Waals surface area contributed by atoms with Crippen LogP contribution in [0.15, 0.2) is 54.6 Å². The van der Waals surface area contributed by atoms with Crippen LogP contribution in [0.2, 0.25) is 0 Å². The molecule has 0 aliphatic carbocycles. The van der Waals surface area contributed by atoms with Gasteiger partial charge >= 0.3 is 0 Å². The summed E-state index contributed by atoms with van der Waals surface area (Å²) in [5, 5.41) is 8.98. The highest BCUT2D eigenvalue weighted by Gasteiger charge is 2.25. The molecular weight excluding hydrogens is 263 g/mol. The van der Waals surface area contributed by atoms with E-state index in [2.05, 4.69) is 29.2 Å². The van der Waals surface area contributed by atoms with Gasteiger partial charge in [-0.05, 0) is 36.4 Å². The summed E-state index contributed by atoms with van der Waals surface area (Å²) >= 11 is 0. The Morgan fingerprint density at radius 2 is 1.95 bits per heavy atom. The van der Waals surface area contributed by atoms with Crippen molar-refractivity contribution >= 4 is 5.57 Å².